The largest absolute Gasteiger partial charge is 0.385 e. The standard InChI is InChI=1S/C12H14N2O.CH4O3S/c13-12(15)10-5-3-7-14-11-6-2-1-4-9(11)8-10;1-5(2,3)4/h1-2,4,6,8,14H,3,5,7H2,(H2,13,15);1H3,(H,2,3,4). The van der Waals surface area contributed by atoms with Gasteiger partial charge in [-0.3, -0.25) is 9.35 Å². The third-order valence-electron chi connectivity index (χ3n) is 2.55. The lowest BCUT2D eigenvalue weighted by atomic mass is 10.0. The highest BCUT2D eigenvalue weighted by Gasteiger charge is 2.09. The highest BCUT2D eigenvalue weighted by atomic mass is 32.2. The van der Waals surface area contributed by atoms with Crippen molar-refractivity contribution in [3.05, 3.63) is 35.4 Å². The van der Waals surface area contributed by atoms with Gasteiger partial charge in [-0.05, 0) is 30.5 Å². The predicted molar refractivity (Wildman–Crippen MR) is 78.8 cm³/mol. The molecule has 0 spiro atoms. The highest BCUT2D eigenvalue weighted by Crippen LogP contribution is 2.22. The number of carbonyl (C=O) groups is 1. The Balaban J connectivity index is 0.000000347. The van der Waals surface area contributed by atoms with Gasteiger partial charge in [0, 0.05) is 17.8 Å². The van der Waals surface area contributed by atoms with Crippen LogP contribution >= 0.6 is 0 Å². The fraction of sp³-hybridized carbons (Fsp3) is 0.308. The van der Waals surface area contributed by atoms with Crippen molar-refractivity contribution in [2.45, 2.75) is 12.8 Å². The number of hydrogen-bond donors (Lipinski definition) is 3. The third kappa shape index (κ3) is 6.35. The molecule has 20 heavy (non-hydrogen) atoms. The molecule has 0 saturated heterocycles. The smallest absolute Gasteiger partial charge is 0.261 e. The van der Waals surface area contributed by atoms with Crippen molar-refractivity contribution in [1.82, 2.24) is 0 Å². The summed E-state index contributed by atoms with van der Waals surface area (Å²) in [7, 11) is -3.67. The fourth-order valence-corrected chi connectivity index (χ4v) is 1.74. The molecule has 2 rings (SSSR count). The monoisotopic (exact) mass is 298 g/mol. The zero-order valence-corrected chi connectivity index (χ0v) is 12.0. The van der Waals surface area contributed by atoms with E-state index in [1.807, 2.05) is 30.3 Å². The van der Waals surface area contributed by atoms with Gasteiger partial charge < -0.3 is 11.1 Å². The van der Waals surface area contributed by atoms with E-state index >= 15 is 0 Å². The van der Waals surface area contributed by atoms with Gasteiger partial charge in [-0.25, -0.2) is 0 Å². The van der Waals surface area contributed by atoms with Crippen molar-refractivity contribution in [3.8, 4) is 0 Å². The molecule has 0 unspecified atom stereocenters. The van der Waals surface area contributed by atoms with Crippen LogP contribution in [0.5, 0.6) is 0 Å². The van der Waals surface area contributed by atoms with Crippen LogP contribution in [0.25, 0.3) is 6.08 Å². The molecular formula is C13H18N2O4S. The number of rotatable bonds is 1. The molecule has 1 heterocycles. The Labute approximate surface area is 118 Å². The van der Waals surface area contributed by atoms with Crippen molar-refractivity contribution in [3.63, 3.8) is 0 Å². The maximum absolute atomic E-state index is 11.2. The molecule has 7 heteroatoms. The average Bonchev–Trinajstić information content (AvgIpc) is 2.27. The molecule has 0 radical (unpaired) electrons. The molecule has 0 atom stereocenters. The normalized spacial score (nSPS) is 14.4. The summed E-state index contributed by atoms with van der Waals surface area (Å²) in [6.45, 7) is 0.877. The van der Waals surface area contributed by atoms with E-state index in [4.69, 9.17) is 10.3 Å². The third-order valence-corrected chi connectivity index (χ3v) is 2.55. The maximum Gasteiger partial charge on any atom is 0.261 e. The van der Waals surface area contributed by atoms with Gasteiger partial charge in [0.25, 0.3) is 10.1 Å². The molecule has 1 aliphatic heterocycles. The van der Waals surface area contributed by atoms with E-state index in [0.717, 1.165) is 30.6 Å². The van der Waals surface area contributed by atoms with Gasteiger partial charge in [0.05, 0.1) is 6.26 Å². The van der Waals surface area contributed by atoms with E-state index < -0.39 is 10.1 Å². The van der Waals surface area contributed by atoms with E-state index in [9.17, 15) is 13.2 Å². The molecule has 1 aliphatic rings. The predicted octanol–water partition coefficient (Wildman–Crippen LogP) is 1.26. The number of fused-ring (bicyclic) bond motifs is 1. The second kappa shape index (κ2) is 7.06. The fourth-order valence-electron chi connectivity index (χ4n) is 1.74. The number of hydrogen-bond acceptors (Lipinski definition) is 4. The number of amides is 1. The van der Waals surface area contributed by atoms with E-state index in [-0.39, 0.29) is 5.91 Å². The Kier molecular flexibility index (Phi) is 5.72. The van der Waals surface area contributed by atoms with Crippen molar-refractivity contribution in [2.75, 3.05) is 18.1 Å². The first-order valence-corrected chi connectivity index (χ1v) is 7.88. The summed E-state index contributed by atoms with van der Waals surface area (Å²) < 4.78 is 25.9. The number of carbonyl (C=O) groups excluding carboxylic acids is 1. The lowest BCUT2D eigenvalue weighted by Crippen LogP contribution is -2.16. The van der Waals surface area contributed by atoms with Crippen molar-refractivity contribution in [2.24, 2.45) is 5.73 Å². The van der Waals surface area contributed by atoms with Crippen LogP contribution < -0.4 is 11.1 Å². The summed E-state index contributed by atoms with van der Waals surface area (Å²) in [4.78, 5) is 11.2. The van der Waals surface area contributed by atoms with Gasteiger partial charge in [-0.15, -0.1) is 0 Å². The Morgan fingerprint density at radius 2 is 1.95 bits per heavy atom. The Morgan fingerprint density at radius 3 is 2.55 bits per heavy atom. The maximum atomic E-state index is 11.2. The number of benzene rings is 1. The number of nitrogens with one attached hydrogen (secondary N) is 1. The molecule has 1 aromatic rings. The van der Waals surface area contributed by atoms with Gasteiger partial charge in [0.1, 0.15) is 0 Å². The first-order valence-electron chi connectivity index (χ1n) is 6.03. The average molecular weight is 298 g/mol. The number of para-hydroxylation sites is 1. The minimum atomic E-state index is -3.67. The minimum Gasteiger partial charge on any atom is -0.385 e. The molecule has 1 aromatic carbocycles. The molecule has 0 aliphatic carbocycles. The Hall–Kier alpha value is -1.86. The summed E-state index contributed by atoms with van der Waals surface area (Å²) in [5.74, 6) is -0.313. The van der Waals surface area contributed by atoms with Crippen LogP contribution in [0, 0.1) is 0 Å². The summed E-state index contributed by atoms with van der Waals surface area (Å²) in [5.41, 5.74) is 8.13. The van der Waals surface area contributed by atoms with Crippen molar-refractivity contribution >= 4 is 27.8 Å². The quantitative estimate of drug-likeness (QED) is 0.676. The van der Waals surface area contributed by atoms with Crippen LogP contribution in [0.1, 0.15) is 18.4 Å². The summed E-state index contributed by atoms with van der Waals surface area (Å²) >= 11 is 0. The Bertz CT molecular complexity index is 601. The van der Waals surface area contributed by atoms with Gasteiger partial charge in [0.2, 0.25) is 5.91 Å². The van der Waals surface area contributed by atoms with E-state index in [1.165, 1.54) is 0 Å². The van der Waals surface area contributed by atoms with Gasteiger partial charge in [-0.2, -0.15) is 8.42 Å². The molecule has 0 bridgehead atoms. The second-order valence-corrected chi connectivity index (χ2v) is 5.85. The molecule has 0 aromatic heterocycles. The lowest BCUT2D eigenvalue weighted by molar-refractivity contribution is -0.114. The van der Waals surface area contributed by atoms with Gasteiger partial charge in [-0.1, -0.05) is 18.2 Å². The van der Waals surface area contributed by atoms with Crippen LogP contribution in [0.3, 0.4) is 0 Å². The topological polar surface area (TPSA) is 109 Å². The number of primary amides is 1. The zero-order chi connectivity index (χ0) is 15.2. The first kappa shape index (κ1) is 16.2. The number of anilines is 1. The SMILES string of the molecule is CS(=O)(=O)O.NC(=O)C1=Cc2ccccc2NCCC1. The van der Waals surface area contributed by atoms with Gasteiger partial charge >= 0.3 is 0 Å². The minimum absolute atomic E-state index is 0.313. The van der Waals surface area contributed by atoms with Crippen LogP contribution in [0.4, 0.5) is 5.69 Å². The van der Waals surface area contributed by atoms with Crippen molar-refractivity contribution < 1.29 is 17.8 Å². The van der Waals surface area contributed by atoms with E-state index in [2.05, 4.69) is 5.32 Å². The zero-order valence-electron chi connectivity index (χ0n) is 11.2. The summed E-state index contributed by atoms with van der Waals surface area (Å²) in [5, 5.41) is 3.33. The highest BCUT2D eigenvalue weighted by molar-refractivity contribution is 7.85. The molecule has 0 saturated carbocycles. The van der Waals surface area contributed by atoms with E-state index in [0.29, 0.717) is 11.8 Å². The summed E-state index contributed by atoms with van der Waals surface area (Å²) in [6, 6.07) is 7.93. The number of nitrogens with two attached hydrogens (primary N) is 1. The molecular weight excluding hydrogens is 280 g/mol. The molecule has 4 N–H and O–H groups in total. The van der Waals surface area contributed by atoms with Crippen LogP contribution in [-0.4, -0.2) is 31.7 Å². The van der Waals surface area contributed by atoms with Crippen LogP contribution in [-0.2, 0) is 14.9 Å². The van der Waals surface area contributed by atoms with E-state index in [1.54, 1.807) is 0 Å². The van der Waals surface area contributed by atoms with Crippen LogP contribution in [0.15, 0.2) is 29.8 Å². The van der Waals surface area contributed by atoms with Crippen LogP contribution in [0.2, 0.25) is 0 Å². The Morgan fingerprint density at radius 1 is 1.35 bits per heavy atom. The molecule has 0 fully saturated rings. The van der Waals surface area contributed by atoms with Gasteiger partial charge in [0.15, 0.2) is 0 Å². The second-order valence-electron chi connectivity index (χ2n) is 4.38. The van der Waals surface area contributed by atoms with Crippen molar-refractivity contribution in [1.29, 1.82) is 0 Å². The molecule has 110 valence electrons. The lowest BCUT2D eigenvalue weighted by Gasteiger charge is -2.14. The summed E-state index contributed by atoms with van der Waals surface area (Å²) in [6.07, 6.45) is 4.27. The molecule has 1 amide bonds. The first-order chi connectivity index (χ1) is 9.27. The molecule has 6 nitrogen and oxygen atoms in total.